The molecule has 2 heteroatoms. The summed E-state index contributed by atoms with van der Waals surface area (Å²) in [5.74, 6) is 0.516. The van der Waals surface area contributed by atoms with Crippen molar-refractivity contribution >= 4 is 0 Å². The lowest BCUT2D eigenvalue weighted by Crippen LogP contribution is -2.29. The minimum atomic E-state index is -0.0781. The van der Waals surface area contributed by atoms with Gasteiger partial charge in [-0.1, -0.05) is 37.6 Å². The van der Waals surface area contributed by atoms with Crippen molar-refractivity contribution < 1.29 is 5.11 Å². The Morgan fingerprint density at radius 2 is 1.88 bits per heavy atom. The molecule has 1 rings (SSSR count). The number of aryl methyl sites for hydroxylation is 2. The zero-order valence-electron chi connectivity index (χ0n) is 10.7. The van der Waals surface area contributed by atoms with Crippen molar-refractivity contribution in [3.8, 4) is 0 Å². The maximum absolute atomic E-state index is 9.39. The van der Waals surface area contributed by atoms with Crippen molar-refractivity contribution in [2.75, 3.05) is 6.61 Å². The van der Waals surface area contributed by atoms with Gasteiger partial charge in [-0.05, 0) is 30.9 Å². The van der Waals surface area contributed by atoms with Crippen LogP contribution in [0.4, 0.5) is 0 Å². The summed E-state index contributed by atoms with van der Waals surface area (Å²) in [6.45, 7) is 8.51. The van der Waals surface area contributed by atoms with E-state index in [1.165, 1.54) is 11.1 Å². The zero-order chi connectivity index (χ0) is 12.3. The second-order valence-electron chi connectivity index (χ2n) is 4.98. The summed E-state index contributed by atoms with van der Waals surface area (Å²) in [6, 6.07) is 6.23. The highest BCUT2D eigenvalue weighted by atomic mass is 16.3. The van der Waals surface area contributed by atoms with Crippen LogP contribution in [0.15, 0.2) is 18.2 Å². The van der Waals surface area contributed by atoms with Crippen LogP contribution in [0.2, 0.25) is 0 Å². The molecule has 0 fully saturated rings. The van der Waals surface area contributed by atoms with E-state index in [1.54, 1.807) is 0 Å². The summed E-state index contributed by atoms with van der Waals surface area (Å²) < 4.78 is 0. The molecule has 0 aliphatic heterocycles. The second-order valence-corrected chi connectivity index (χ2v) is 4.98. The fourth-order valence-corrected chi connectivity index (χ4v) is 2.17. The van der Waals surface area contributed by atoms with Gasteiger partial charge in [-0.3, -0.25) is 0 Å². The Bertz CT molecular complexity index is 347. The van der Waals surface area contributed by atoms with Crippen LogP contribution >= 0.6 is 0 Å². The minimum Gasteiger partial charge on any atom is -0.396 e. The summed E-state index contributed by atoms with van der Waals surface area (Å²) >= 11 is 0. The van der Waals surface area contributed by atoms with Crippen LogP contribution < -0.4 is 5.73 Å². The molecular formula is C14H23NO. The molecule has 0 aliphatic carbocycles. The first kappa shape index (κ1) is 13.2. The van der Waals surface area contributed by atoms with Gasteiger partial charge in [0.25, 0.3) is 0 Å². The Kier molecular flexibility index (Phi) is 4.51. The maximum Gasteiger partial charge on any atom is 0.0479 e. The van der Waals surface area contributed by atoms with E-state index < -0.39 is 0 Å². The monoisotopic (exact) mass is 221 g/mol. The fourth-order valence-electron chi connectivity index (χ4n) is 2.17. The molecule has 2 unspecified atom stereocenters. The van der Waals surface area contributed by atoms with Crippen molar-refractivity contribution in [1.29, 1.82) is 0 Å². The Morgan fingerprint density at radius 1 is 1.25 bits per heavy atom. The van der Waals surface area contributed by atoms with E-state index in [0.29, 0.717) is 5.92 Å². The molecule has 90 valence electrons. The second kappa shape index (κ2) is 5.46. The third-order valence-electron chi connectivity index (χ3n) is 3.31. The SMILES string of the molecule is Cc1ccc(C(N)C(CO)C(C)C)c(C)c1. The van der Waals surface area contributed by atoms with Gasteiger partial charge in [0.05, 0.1) is 0 Å². The highest BCUT2D eigenvalue weighted by Crippen LogP contribution is 2.28. The highest BCUT2D eigenvalue weighted by Gasteiger charge is 2.22. The Hall–Kier alpha value is -0.860. The molecule has 0 radical (unpaired) electrons. The Morgan fingerprint density at radius 3 is 2.31 bits per heavy atom. The van der Waals surface area contributed by atoms with Gasteiger partial charge in [0.15, 0.2) is 0 Å². The van der Waals surface area contributed by atoms with Gasteiger partial charge in [0.1, 0.15) is 0 Å². The molecule has 0 saturated carbocycles. The Labute approximate surface area is 98.5 Å². The average Bonchev–Trinajstić information content (AvgIpc) is 2.17. The van der Waals surface area contributed by atoms with E-state index in [2.05, 4.69) is 45.9 Å². The maximum atomic E-state index is 9.39. The number of hydrogen-bond donors (Lipinski definition) is 2. The number of benzene rings is 1. The van der Waals surface area contributed by atoms with Gasteiger partial charge in [0, 0.05) is 18.6 Å². The topological polar surface area (TPSA) is 46.2 Å². The molecule has 0 bridgehead atoms. The molecule has 0 spiro atoms. The molecule has 1 aromatic carbocycles. The van der Waals surface area contributed by atoms with Gasteiger partial charge in [-0.15, -0.1) is 0 Å². The van der Waals surface area contributed by atoms with Crippen LogP contribution in [-0.2, 0) is 0 Å². The molecule has 3 N–H and O–H groups in total. The van der Waals surface area contributed by atoms with E-state index in [9.17, 15) is 5.11 Å². The molecular weight excluding hydrogens is 198 g/mol. The molecule has 0 amide bonds. The van der Waals surface area contributed by atoms with Crippen LogP contribution in [0.5, 0.6) is 0 Å². The third kappa shape index (κ3) is 2.83. The van der Waals surface area contributed by atoms with Crippen molar-refractivity contribution in [1.82, 2.24) is 0 Å². The normalized spacial score (nSPS) is 15.2. The van der Waals surface area contributed by atoms with Crippen LogP contribution in [0.25, 0.3) is 0 Å². The lowest BCUT2D eigenvalue weighted by Gasteiger charge is -2.27. The predicted octanol–water partition coefficient (Wildman–Crippen LogP) is 2.57. The number of aliphatic hydroxyl groups excluding tert-OH is 1. The highest BCUT2D eigenvalue weighted by molar-refractivity contribution is 5.33. The van der Waals surface area contributed by atoms with Crippen LogP contribution in [-0.4, -0.2) is 11.7 Å². The molecule has 2 atom stereocenters. The average molecular weight is 221 g/mol. The lowest BCUT2D eigenvalue weighted by molar-refractivity contribution is 0.165. The van der Waals surface area contributed by atoms with Gasteiger partial charge in [-0.25, -0.2) is 0 Å². The number of hydrogen-bond acceptors (Lipinski definition) is 2. The molecule has 0 aliphatic rings. The number of rotatable bonds is 4. The standard InChI is InChI=1S/C14H23NO/c1-9(2)13(8-16)14(15)12-6-5-10(3)7-11(12)4/h5-7,9,13-14,16H,8,15H2,1-4H3. The van der Waals surface area contributed by atoms with Crippen molar-refractivity contribution in [2.24, 2.45) is 17.6 Å². The molecule has 0 aromatic heterocycles. The zero-order valence-corrected chi connectivity index (χ0v) is 10.7. The lowest BCUT2D eigenvalue weighted by atomic mass is 9.84. The first-order valence-electron chi connectivity index (χ1n) is 5.91. The third-order valence-corrected chi connectivity index (χ3v) is 3.31. The van der Waals surface area contributed by atoms with E-state index >= 15 is 0 Å². The first-order chi connectivity index (χ1) is 7.47. The quantitative estimate of drug-likeness (QED) is 0.821. The summed E-state index contributed by atoms with van der Waals surface area (Å²) in [6.07, 6.45) is 0. The van der Waals surface area contributed by atoms with Gasteiger partial charge < -0.3 is 10.8 Å². The Balaban J connectivity index is 2.99. The number of aliphatic hydroxyl groups is 1. The fraction of sp³-hybridized carbons (Fsp3) is 0.571. The van der Waals surface area contributed by atoms with Gasteiger partial charge in [-0.2, -0.15) is 0 Å². The van der Waals surface area contributed by atoms with Gasteiger partial charge in [0.2, 0.25) is 0 Å². The smallest absolute Gasteiger partial charge is 0.0479 e. The summed E-state index contributed by atoms with van der Waals surface area (Å²) in [5.41, 5.74) is 9.86. The summed E-state index contributed by atoms with van der Waals surface area (Å²) in [4.78, 5) is 0. The molecule has 16 heavy (non-hydrogen) atoms. The molecule has 1 aromatic rings. The van der Waals surface area contributed by atoms with E-state index in [-0.39, 0.29) is 18.6 Å². The van der Waals surface area contributed by atoms with Crippen molar-refractivity contribution in [2.45, 2.75) is 33.7 Å². The van der Waals surface area contributed by atoms with E-state index in [4.69, 9.17) is 5.73 Å². The van der Waals surface area contributed by atoms with E-state index in [1.807, 2.05) is 0 Å². The van der Waals surface area contributed by atoms with Crippen molar-refractivity contribution in [3.05, 3.63) is 34.9 Å². The number of nitrogens with two attached hydrogens (primary N) is 1. The van der Waals surface area contributed by atoms with Crippen molar-refractivity contribution in [3.63, 3.8) is 0 Å². The minimum absolute atomic E-state index is 0.0781. The molecule has 0 heterocycles. The predicted molar refractivity (Wildman–Crippen MR) is 68.3 cm³/mol. The first-order valence-corrected chi connectivity index (χ1v) is 5.91. The van der Waals surface area contributed by atoms with Crippen LogP contribution in [0, 0.1) is 25.7 Å². The molecule has 0 saturated heterocycles. The van der Waals surface area contributed by atoms with E-state index in [0.717, 1.165) is 5.56 Å². The summed E-state index contributed by atoms with van der Waals surface area (Å²) in [5, 5.41) is 9.39. The summed E-state index contributed by atoms with van der Waals surface area (Å²) in [7, 11) is 0. The molecule has 2 nitrogen and oxygen atoms in total. The van der Waals surface area contributed by atoms with Crippen LogP contribution in [0.3, 0.4) is 0 Å². The van der Waals surface area contributed by atoms with Crippen LogP contribution in [0.1, 0.15) is 36.6 Å². The van der Waals surface area contributed by atoms with Gasteiger partial charge >= 0.3 is 0 Å². The largest absolute Gasteiger partial charge is 0.396 e.